The molecule has 6 N–H and O–H groups in total. The van der Waals surface area contributed by atoms with Crippen molar-refractivity contribution in [2.24, 2.45) is 16.6 Å². The first-order valence-electron chi connectivity index (χ1n) is 9.11. The molecule has 0 spiro atoms. The Bertz CT molecular complexity index is 1010. The number of ether oxygens (including phenoxy) is 1. The number of hydrogen-bond acceptors (Lipinski definition) is 6. The Morgan fingerprint density at radius 2 is 1.81 bits per heavy atom. The summed E-state index contributed by atoms with van der Waals surface area (Å²) in [5, 5.41) is 12.9. The van der Waals surface area contributed by atoms with Gasteiger partial charge in [0.15, 0.2) is 0 Å². The summed E-state index contributed by atoms with van der Waals surface area (Å²) in [5.74, 6) is -0.906. The highest BCUT2D eigenvalue weighted by molar-refractivity contribution is 7.89. The van der Waals surface area contributed by atoms with Crippen LogP contribution in [0.1, 0.15) is 12.0 Å². The number of nitrogens with zero attached hydrogens (tertiary/aromatic N) is 1. The number of carboxylic acids is 1. The minimum Gasteiger partial charge on any atom is -0.493 e. The van der Waals surface area contributed by atoms with E-state index in [0.717, 1.165) is 0 Å². The first-order chi connectivity index (χ1) is 14.7. The Balaban J connectivity index is 1.94. The lowest BCUT2D eigenvalue weighted by atomic mass is 10.1. The Morgan fingerprint density at radius 3 is 2.42 bits per heavy atom. The SMILES string of the molecule is NC(N)=NOCCCOc1ccc(CC(NS(=O)(=O)c2ccccc2Cl)C(=O)O)cc1. The molecule has 0 bridgehead atoms. The van der Waals surface area contributed by atoms with Gasteiger partial charge in [-0.05, 0) is 41.4 Å². The van der Waals surface area contributed by atoms with Crippen molar-refractivity contribution < 1.29 is 27.9 Å². The number of nitrogens with one attached hydrogen (secondary N) is 1. The molecule has 2 rings (SSSR count). The predicted octanol–water partition coefficient (Wildman–Crippen LogP) is 1.29. The van der Waals surface area contributed by atoms with Crippen LogP contribution in [0.3, 0.4) is 0 Å². The van der Waals surface area contributed by atoms with Crippen LogP contribution in [0.5, 0.6) is 5.75 Å². The van der Waals surface area contributed by atoms with Crippen molar-refractivity contribution in [2.75, 3.05) is 13.2 Å². The molecule has 1 unspecified atom stereocenters. The van der Waals surface area contributed by atoms with E-state index in [1.165, 1.54) is 18.2 Å². The molecule has 0 saturated heterocycles. The summed E-state index contributed by atoms with van der Waals surface area (Å²) in [4.78, 5) is 16.3. The van der Waals surface area contributed by atoms with E-state index in [9.17, 15) is 18.3 Å². The van der Waals surface area contributed by atoms with Gasteiger partial charge in [0.05, 0.1) is 11.6 Å². The van der Waals surface area contributed by atoms with Crippen molar-refractivity contribution in [1.29, 1.82) is 0 Å². The van der Waals surface area contributed by atoms with Crippen LogP contribution in [-0.2, 0) is 26.1 Å². The minimum atomic E-state index is -4.11. The molecular weight excluding hydrogens is 448 g/mol. The van der Waals surface area contributed by atoms with E-state index in [-0.39, 0.29) is 28.9 Å². The van der Waals surface area contributed by atoms with Gasteiger partial charge in [-0.25, -0.2) is 8.42 Å². The van der Waals surface area contributed by atoms with Crippen molar-refractivity contribution in [3.8, 4) is 5.75 Å². The Labute approximate surface area is 184 Å². The van der Waals surface area contributed by atoms with Gasteiger partial charge in [0, 0.05) is 6.42 Å². The summed E-state index contributed by atoms with van der Waals surface area (Å²) in [6.07, 6.45) is 0.481. The zero-order valence-electron chi connectivity index (χ0n) is 16.4. The van der Waals surface area contributed by atoms with Crippen molar-refractivity contribution in [3.63, 3.8) is 0 Å². The highest BCUT2D eigenvalue weighted by Crippen LogP contribution is 2.21. The molecule has 31 heavy (non-hydrogen) atoms. The third-order valence-corrected chi connectivity index (χ3v) is 5.87. The fourth-order valence-corrected chi connectivity index (χ4v) is 4.19. The van der Waals surface area contributed by atoms with E-state index in [2.05, 4.69) is 9.88 Å². The second kappa shape index (κ2) is 11.4. The van der Waals surface area contributed by atoms with Gasteiger partial charge in [0.1, 0.15) is 23.3 Å². The molecule has 12 heteroatoms. The van der Waals surface area contributed by atoms with Crippen molar-refractivity contribution in [2.45, 2.75) is 23.8 Å². The monoisotopic (exact) mass is 470 g/mol. The quantitative estimate of drug-likeness (QED) is 0.156. The first kappa shape index (κ1) is 24.3. The molecule has 1 atom stereocenters. The van der Waals surface area contributed by atoms with Gasteiger partial charge in [-0.15, -0.1) is 0 Å². The van der Waals surface area contributed by atoms with Gasteiger partial charge in [-0.3, -0.25) is 4.79 Å². The van der Waals surface area contributed by atoms with Crippen LogP contribution < -0.4 is 20.9 Å². The molecule has 0 aliphatic rings. The van der Waals surface area contributed by atoms with E-state index < -0.39 is 22.0 Å². The largest absolute Gasteiger partial charge is 0.493 e. The predicted molar refractivity (Wildman–Crippen MR) is 115 cm³/mol. The summed E-state index contributed by atoms with van der Waals surface area (Å²) in [5.41, 5.74) is 10.9. The maximum atomic E-state index is 12.5. The Hall–Kier alpha value is -3.02. The number of benzene rings is 2. The number of aliphatic carboxylic acids is 1. The zero-order chi connectivity index (χ0) is 22.9. The van der Waals surface area contributed by atoms with Gasteiger partial charge in [-0.2, -0.15) is 4.72 Å². The lowest BCUT2D eigenvalue weighted by Crippen LogP contribution is -2.42. The lowest BCUT2D eigenvalue weighted by Gasteiger charge is -2.16. The molecule has 0 aliphatic heterocycles. The molecule has 2 aromatic carbocycles. The van der Waals surface area contributed by atoms with Gasteiger partial charge in [-0.1, -0.05) is 35.9 Å². The average molecular weight is 471 g/mol. The van der Waals surface area contributed by atoms with Crippen LogP contribution in [0.2, 0.25) is 5.02 Å². The zero-order valence-corrected chi connectivity index (χ0v) is 18.0. The summed E-state index contributed by atoms with van der Waals surface area (Å²) in [6.45, 7) is 0.635. The number of oxime groups is 1. The lowest BCUT2D eigenvalue weighted by molar-refractivity contribution is -0.138. The van der Waals surface area contributed by atoms with Crippen LogP contribution in [0.4, 0.5) is 0 Å². The molecule has 0 fully saturated rings. The molecule has 0 radical (unpaired) electrons. The van der Waals surface area contributed by atoms with Crippen molar-refractivity contribution in [3.05, 3.63) is 59.1 Å². The molecule has 0 aromatic heterocycles. The molecule has 0 heterocycles. The second-order valence-electron chi connectivity index (χ2n) is 6.34. The maximum absolute atomic E-state index is 12.5. The first-order valence-corrected chi connectivity index (χ1v) is 11.0. The van der Waals surface area contributed by atoms with Gasteiger partial charge < -0.3 is 26.1 Å². The summed E-state index contributed by atoms with van der Waals surface area (Å²) < 4.78 is 32.8. The maximum Gasteiger partial charge on any atom is 0.322 e. The van der Waals surface area contributed by atoms with Crippen molar-refractivity contribution >= 4 is 33.6 Å². The van der Waals surface area contributed by atoms with Gasteiger partial charge in [0.2, 0.25) is 16.0 Å². The smallest absolute Gasteiger partial charge is 0.322 e. The fraction of sp³-hybridized carbons (Fsp3) is 0.263. The number of sulfonamides is 1. The normalized spacial score (nSPS) is 12.0. The van der Waals surface area contributed by atoms with Crippen LogP contribution in [0, 0.1) is 0 Å². The van der Waals surface area contributed by atoms with Crippen LogP contribution in [-0.4, -0.2) is 44.7 Å². The Kier molecular flexibility index (Phi) is 8.91. The molecule has 2 aromatic rings. The summed E-state index contributed by atoms with van der Waals surface area (Å²) in [6, 6.07) is 11.1. The Morgan fingerprint density at radius 1 is 1.13 bits per heavy atom. The van der Waals surface area contributed by atoms with Crippen LogP contribution in [0.25, 0.3) is 0 Å². The average Bonchev–Trinajstić information content (AvgIpc) is 2.71. The van der Waals surface area contributed by atoms with E-state index in [4.69, 9.17) is 32.6 Å². The standard InChI is InChI=1S/C19H23ClN4O6S/c20-15-4-1-2-5-17(15)31(27,28)24-16(18(25)26)12-13-6-8-14(9-7-13)29-10-3-11-30-23-19(21)22/h1-2,4-9,16,24H,3,10-12H2,(H,25,26)(H4,21,22,23). The third-order valence-electron chi connectivity index (χ3n) is 3.90. The molecule has 0 saturated carbocycles. The molecular formula is C19H23ClN4O6S. The number of carboxylic acid groups (broad SMARTS) is 1. The number of halogens is 1. The highest BCUT2D eigenvalue weighted by Gasteiger charge is 2.27. The van der Waals surface area contributed by atoms with E-state index >= 15 is 0 Å². The minimum absolute atomic E-state index is 0.00402. The van der Waals surface area contributed by atoms with Crippen LogP contribution >= 0.6 is 11.6 Å². The summed E-state index contributed by atoms with van der Waals surface area (Å²) in [7, 11) is -4.11. The van der Waals surface area contributed by atoms with E-state index in [1.54, 1.807) is 30.3 Å². The number of nitrogens with two attached hydrogens (primary N) is 2. The number of carbonyl (C=O) groups is 1. The third kappa shape index (κ3) is 7.96. The van der Waals surface area contributed by atoms with Gasteiger partial charge in [0.25, 0.3) is 0 Å². The molecule has 0 aliphatic carbocycles. The number of guanidine groups is 1. The van der Waals surface area contributed by atoms with E-state index in [1.807, 2.05) is 0 Å². The van der Waals surface area contributed by atoms with Gasteiger partial charge >= 0.3 is 5.97 Å². The van der Waals surface area contributed by atoms with Crippen LogP contribution in [0.15, 0.2) is 58.6 Å². The van der Waals surface area contributed by atoms with E-state index in [0.29, 0.717) is 24.3 Å². The highest BCUT2D eigenvalue weighted by atomic mass is 35.5. The fourth-order valence-electron chi connectivity index (χ4n) is 2.48. The number of hydrogen-bond donors (Lipinski definition) is 4. The molecule has 10 nitrogen and oxygen atoms in total. The summed E-state index contributed by atoms with van der Waals surface area (Å²) >= 11 is 5.93. The topological polar surface area (TPSA) is 166 Å². The second-order valence-corrected chi connectivity index (χ2v) is 8.43. The molecule has 168 valence electrons. The van der Waals surface area contributed by atoms with Crippen molar-refractivity contribution in [1.82, 2.24) is 4.72 Å². The number of rotatable bonds is 12. The molecule has 0 amide bonds.